The van der Waals surface area contributed by atoms with Gasteiger partial charge in [-0.05, 0) is 125 Å². The second-order valence-electron chi connectivity index (χ2n) is 14.2. The number of hydrogen-bond donors (Lipinski definition) is 1. The highest BCUT2D eigenvalue weighted by atomic mass is 35.5. The van der Waals surface area contributed by atoms with Crippen LogP contribution < -0.4 is 0 Å². The van der Waals surface area contributed by atoms with Crippen LogP contribution in [-0.2, 0) is 15.9 Å². The lowest BCUT2D eigenvalue weighted by Gasteiger charge is -2.32. The molecule has 2 heterocycles. The van der Waals surface area contributed by atoms with E-state index in [1.165, 1.54) is 96.1 Å². The molecule has 0 unspecified atom stereocenters. The Balaban J connectivity index is 0.000000191. The molecule has 276 valence electrons. The maximum Gasteiger partial charge on any atom is 0.115 e. The minimum absolute atomic E-state index is 0.461. The van der Waals surface area contributed by atoms with E-state index in [2.05, 4.69) is 60.0 Å². The summed E-state index contributed by atoms with van der Waals surface area (Å²) in [4.78, 5) is 5.15. The van der Waals surface area contributed by atoms with Crippen molar-refractivity contribution in [2.75, 3.05) is 45.9 Å². The van der Waals surface area contributed by atoms with Crippen molar-refractivity contribution in [3.63, 3.8) is 0 Å². The molecule has 2 atom stereocenters. The van der Waals surface area contributed by atoms with Gasteiger partial charge < -0.3 is 19.6 Å². The van der Waals surface area contributed by atoms with Crippen LogP contribution in [0.1, 0.15) is 101 Å². The predicted octanol–water partition coefficient (Wildman–Crippen LogP) is 11.4. The number of aliphatic hydroxyl groups is 1. The minimum atomic E-state index is -0.980. The summed E-state index contributed by atoms with van der Waals surface area (Å²) >= 11 is 11.9. The summed E-state index contributed by atoms with van der Waals surface area (Å²) in [6.45, 7) is 14.4. The minimum Gasteiger partial charge on any atom is -0.381 e. The molecule has 4 nitrogen and oxygen atoms in total. The van der Waals surface area contributed by atoms with Gasteiger partial charge in [0.2, 0.25) is 0 Å². The summed E-state index contributed by atoms with van der Waals surface area (Å²) in [5.74, 6) is 0. The lowest BCUT2D eigenvalue weighted by molar-refractivity contribution is -0.0141. The average molecular weight is 732 g/mol. The Bertz CT molecular complexity index is 1480. The van der Waals surface area contributed by atoms with Crippen molar-refractivity contribution in [3.05, 3.63) is 141 Å². The van der Waals surface area contributed by atoms with E-state index >= 15 is 0 Å². The standard InChI is InChI=1S/C22H28ClNO.C14H13ClO.C9H19N/c1-22(19-9-5-4-6-10-19,20-11-13-21(23)14-12-20)25-18-17-24-15-7-2-3-8-16-24;1-14(16,11-5-3-2-4-6-11)12-7-9-13(15)10-8-12;1-2-7-10-8-5-3-4-6-9-10/h4-6,9-14H,2-3,7-8,15-18H2,1H3;2-10,16H,1H3;2-9H2,1H3/t22-;14-;/m11./s1. The fourth-order valence-corrected chi connectivity index (χ4v) is 7.23. The number of halogens is 2. The highest BCUT2D eigenvalue weighted by Gasteiger charge is 2.30. The van der Waals surface area contributed by atoms with Crippen LogP contribution in [0.25, 0.3) is 0 Å². The number of benzene rings is 4. The summed E-state index contributed by atoms with van der Waals surface area (Å²) in [5, 5.41) is 11.9. The molecule has 6 heteroatoms. The Morgan fingerprint density at radius 1 is 0.529 bits per heavy atom. The van der Waals surface area contributed by atoms with Gasteiger partial charge >= 0.3 is 0 Å². The zero-order valence-corrected chi connectivity index (χ0v) is 32.7. The third-order valence-electron chi connectivity index (χ3n) is 10.2. The summed E-state index contributed by atoms with van der Waals surface area (Å²) in [6.07, 6.45) is 12.5. The quantitative estimate of drug-likeness (QED) is 0.176. The van der Waals surface area contributed by atoms with E-state index < -0.39 is 11.2 Å². The van der Waals surface area contributed by atoms with Crippen LogP contribution in [-0.4, -0.2) is 60.8 Å². The van der Waals surface area contributed by atoms with E-state index in [0.29, 0.717) is 5.02 Å². The Kier molecular flexibility index (Phi) is 17.5. The van der Waals surface area contributed by atoms with Gasteiger partial charge in [0, 0.05) is 16.6 Å². The van der Waals surface area contributed by atoms with Gasteiger partial charge in [0.15, 0.2) is 0 Å². The first kappa shape index (κ1) is 41.1. The fraction of sp³-hybridized carbons (Fsp3) is 0.467. The zero-order chi connectivity index (χ0) is 36.4. The largest absolute Gasteiger partial charge is 0.381 e. The van der Waals surface area contributed by atoms with Crippen molar-refractivity contribution >= 4 is 23.2 Å². The van der Waals surface area contributed by atoms with Gasteiger partial charge in [-0.1, -0.05) is 141 Å². The van der Waals surface area contributed by atoms with Crippen LogP contribution in [0.2, 0.25) is 10.0 Å². The molecule has 0 aliphatic carbocycles. The van der Waals surface area contributed by atoms with Gasteiger partial charge in [0.1, 0.15) is 11.2 Å². The molecule has 2 aliphatic heterocycles. The molecule has 6 rings (SSSR count). The second kappa shape index (κ2) is 21.7. The van der Waals surface area contributed by atoms with Crippen molar-refractivity contribution in [2.45, 2.75) is 89.8 Å². The van der Waals surface area contributed by atoms with Crippen LogP contribution in [0.3, 0.4) is 0 Å². The van der Waals surface area contributed by atoms with E-state index in [0.717, 1.165) is 34.9 Å². The molecular formula is C45H60Cl2N2O2. The van der Waals surface area contributed by atoms with E-state index in [9.17, 15) is 5.11 Å². The lowest BCUT2D eigenvalue weighted by Crippen LogP contribution is -2.34. The van der Waals surface area contributed by atoms with Crippen LogP contribution >= 0.6 is 23.2 Å². The second-order valence-corrected chi connectivity index (χ2v) is 15.1. The predicted molar refractivity (Wildman–Crippen MR) is 217 cm³/mol. The molecule has 0 aromatic heterocycles. The first-order valence-corrected chi connectivity index (χ1v) is 19.9. The third-order valence-corrected chi connectivity index (χ3v) is 10.7. The number of hydrogen-bond acceptors (Lipinski definition) is 4. The van der Waals surface area contributed by atoms with Gasteiger partial charge in [-0.2, -0.15) is 0 Å². The van der Waals surface area contributed by atoms with Crippen molar-refractivity contribution in [1.82, 2.24) is 9.80 Å². The molecule has 0 amide bonds. The molecule has 0 saturated carbocycles. The highest BCUT2D eigenvalue weighted by molar-refractivity contribution is 6.30. The Morgan fingerprint density at radius 2 is 0.902 bits per heavy atom. The third kappa shape index (κ3) is 13.3. The normalized spacial score (nSPS) is 18.0. The average Bonchev–Trinajstić information content (AvgIpc) is 3.59. The summed E-state index contributed by atoms with van der Waals surface area (Å²) in [5.41, 5.74) is 2.58. The van der Waals surface area contributed by atoms with E-state index in [-0.39, 0.29) is 0 Å². The molecule has 2 aliphatic rings. The molecule has 4 aromatic carbocycles. The van der Waals surface area contributed by atoms with E-state index in [1.54, 1.807) is 19.1 Å². The van der Waals surface area contributed by atoms with E-state index in [4.69, 9.17) is 27.9 Å². The number of ether oxygens (including phenoxy) is 1. The number of likely N-dealkylation sites (tertiary alicyclic amines) is 2. The molecule has 2 fully saturated rings. The van der Waals surface area contributed by atoms with Gasteiger partial charge in [-0.25, -0.2) is 0 Å². The Hall–Kier alpha value is -2.70. The molecular weight excluding hydrogens is 671 g/mol. The number of rotatable bonds is 10. The highest BCUT2D eigenvalue weighted by Crippen LogP contribution is 2.34. The van der Waals surface area contributed by atoms with Crippen LogP contribution in [0.15, 0.2) is 109 Å². The van der Waals surface area contributed by atoms with Crippen LogP contribution in [0.5, 0.6) is 0 Å². The number of nitrogens with zero attached hydrogens (tertiary/aromatic N) is 2. The summed E-state index contributed by atoms with van der Waals surface area (Å²) in [6, 6.07) is 35.3. The van der Waals surface area contributed by atoms with Gasteiger partial charge in [-0.3, -0.25) is 0 Å². The molecule has 0 bridgehead atoms. The molecule has 51 heavy (non-hydrogen) atoms. The monoisotopic (exact) mass is 730 g/mol. The molecule has 0 radical (unpaired) electrons. The van der Waals surface area contributed by atoms with Crippen LogP contribution in [0.4, 0.5) is 0 Å². The fourth-order valence-electron chi connectivity index (χ4n) is 6.98. The van der Waals surface area contributed by atoms with E-state index in [1.807, 2.05) is 60.7 Å². The van der Waals surface area contributed by atoms with Gasteiger partial charge in [0.25, 0.3) is 0 Å². The van der Waals surface area contributed by atoms with Gasteiger partial charge in [-0.15, -0.1) is 0 Å². The topological polar surface area (TPSA) is 35.9 Å². The molecule has 4 aromatic rings. The van der Waals surface area contributed by atoms with Crippen LogP contribution in [0, 0.1) is 0 Å². The van der Waals surface area contributed by atoms with Crippen molar-refractivity contribution in [2.24, 2.45) is 0 Å². The summed E-state index contributed by atoms with van der Waals surface area (Å²) in [7, 11) is 0. The molecule has 0 spiro atoms. The zero-order valence-electron chi connectivity index (χ0n) is 31.2. The Morgan fingerprint density at radius 3 is 1.35 bits per heavy atom. The van der Waals surface area contributed by atoms with Crippen molar-refractivity contribution in [1.29, 1.82) is 0 Å². The SMILES string of the molecule is CCCN1CCCCCC1.C[C@@](O)(c1ccccc1)c1ccc(Cl)cc1.C[C@@](OCCN1CCCCCC1)(c1ccccc1)c1ccc(Cl)cc1. The van der Waals surface area contributed by atoms with Crippen molar-refractivity contribution in [3.8, 4) is 0 Å². The van der Waals surface area contributed by atoms with Crippen molar-refractivity contribution < 1.29 is 9.84 Å². The smallest absolute Gasteiger partial charge is 0.115 e. The summed E-state index contributed by atoms with van der Waals surface area (Å²) < 4.78 is 6.50. The molecule has 2 saturated heterocycles. The maximum absolute atomic E-state index is 10.5. The van der Waals surface area contributed by atoms with Gasteiger partial charge in [0.05, 0.1) is 6.61 Å². The first-order chi connectivity index (χ1) is 24.7. The maximum atomic E-state index is 10.5. The molecule has 1 N–H and O–H groups in total. The first-order valence-electron chi connectivity index (χ1n) is 19.2. The lowest BCUT2D eigenvalue weighted by atomic mass is 9.88. The Labute approximate surface area is 318 Å².